The molecule has 1 rings (SSSR count). The van der Waals surface area contributed by atoms with Crippen molar-refractivity contribution >= 4 is 11.8 Å². The topological polar surface area (TPSA) is 59.3 Å². The molecule has 1 aromatic rings. The van der Waals surface area contributed by atoms with Crippen LogP contribution < -0.4 is 0 Å². The van der Waals surface area contributed by atoms with Crippen molar-refractivity contribution in [2.45, 2.75) is 20.8 Å². The summed E-state index contributed by atoms with van der Waals surface area (Å²) in [6.45, 7) is 5.29. The number of carboxylic acids is 1. The van der Waals surface area contributed by atoms with E-state index in [4.69, 9.17) is 5.11 Å². The SMILES string of the molecule is Cc1cc(C(=O)C(C)C)n(C)c1C(=O)O. The van der Waals surface area contributed by atoms with E-state index >= 15 is 0 Å². The minimum Gasteiger partial charge on any atom is -0.477 e. The number of carbonyl (C=O) groups excluding carboxylic acids is 1. The Labute approximate surface area is 88.5 Å². The Hall–Kier alpha value is -1.58. The van der Waals surface area contributed by atoms with Gasteiger partial charge in [-0.3, -0.25) is 4.79 Å². The van der Waals surface area contributed by atoms with Crippen LogP contribution in [-0.2, 0) is 7.05 Å². The Morgan fingerprint density at radius 3 is 2.27 bits per heavy atom. The third-order valence-corrected chi connectivity index (χ3v) is 2.40. The summed E-state index contributed by atoms with van der Waals surface area (Å²) in [4.78, 5) is 22.7. The molecule has 0 aliphatic rings. The quantitative estimate of drug-likeness (QED) is 0.773. The van der Waals surface area contributed by atoms with Crippen molar-refractivity contribution in [3.8, 4) is 0 Å². The van der Waals surface area contributed by atoms with E-state index in [9.17, 15) is 9.59 Å². The summed E-state index contributed by atoms with van der Waals surface area (Å²) in [5.41, 5.74) is 1.26. The number of aryl methyl sites for hydroxylation is 1. The predicted molar refractivity (Wildman–Crippen MR) is 56.3 cm³/mol. The number of nitrogens with zero attached hydrogens (tertiary/aromatic N) is 1. The minimum atomic E-state index is -1.00. The highest BCUT2D eigenvalue weighted by Gasteiger charge is 2.21. The molecular weight excluding hydrogens is 194 g/mol. The Morgan fingerprint density at radius 2 is 1.93 bits per heavy atom. The third-order valence-electron chi connectivity index (χ3n) is 2.40. The monoisotopic (exact) mass is 209 g/mol. The van der Waals surface area contributed by atoms with Crippen LogP contribution in [0.25, 0.3) is 0 Å². The van der Waals surface area contributed by atoms with Crippen molar-refractivity contribution in [1.29, 1.82) is 0 Å². The summed E-state index contributed by atoms with van der Waals surface area (Å²) >= 11 is 0. The normalized spacial score (nSPS) is 10.7. The first kappa shape index (κ1) is 11.5. The molecule has 0 aromatic carbocycles. The molecule has 4 nitrogen and oxygen atoms in total. The van der Waals surface area contributed by atoms with E-state index in [1.807, 2.05) is 0 Å². The van der Waals surface area contributed by atoms with Gasteiger partial charge in [0.15, 0.2) is 5.78 Å². The standard InChI is InChI=1S/C11H15NO3/c1-6(2)10(13)8-5-7(3)9(11(14)15)12(8)4/h5-6H,1-4H3,(H,14,15). The molecule has 0 atom stereocenters. The maximum Gasteiger partial charge on any atom is 0.352 e. The van der Waals surface area contributed by atoms with Crippen LogP contribution in [0.4, 0.5) is 0 Å². The Balaban J connectivity index is 3.30. The van der Waals surface area contributed by atoms with Crippen LogP contribution in [-0.4, -0.2) is 21.4 Å². The van der Waals surface area contributed by atoms with Gasteiger partial charge in [-0.2, -0.15) is 0 Å². The number of aromatic nitrogens is 1. The zero-order chi connectivity index (χ0) is 11.7. The summed E-state index contributed by atoms with van der Waals surface area (Å²) in [7, 11) is 1.60. The number of carbonyl (C=O) groups is 2. The van der Waals surface area contributed by atoms with E-state index < -0.39 is 5.97 Å². The molecule has 1 heterocycles. The second-order valence-corrected chi connectivity index (χ2v) is 3.94. The van der Waals surface area contributed by atoms with Crippen LogP contribution >= 0.6 is 0 Å². The van der Waals surface area contributed by atoms with Crippen molar-refractivity contribution in [3.63, 3.8) is 0 Å². The fourth-order valence-electron chi connectivity index (χ4n) is 1.60. The molecule has 1 aromatic heterocycles. The molecule has 15 heavy (non-hydrogen) atoms. The van der Waals surface area contributed by atoms with Gasteiger partial charge in [-0.1, -0.05) is 13.8 Å². The molecule has 82 valence electrons. The van der Waals surface area contributed by atoms with Crippen LogP contribution in [0.2, 0.25) is 0 Å². The molecule has 0 saturated carbocycles. The molecule has 4 heteroatoms. The van der Waals surface area contributed by atoms with Gasteiger partial charge in [-0.25, -0.2) is 4.79 Å². The van der Waals surface area contributed by atoms with Crippen LogP contribution in [0.15, 0.2) is 6.07 Å². The highest BCUT2D eigenvalue weighted by Crippen LogP contribution is 2.17. The fraction of sp³-hybridized carbons (Fsp3) is 0.455. The molecular formula is C11H15NO3. The van der Waals surface area contributed by atoms with E-state index in [1.54, 1.807) is 33.9 Å². The Morgan fingerprint density at radius 1 is 1.40 bits per heavy atom. The highest BCUT2D eigenvalue weighted by molar-refractivity contribution is 5.99. The second-order valence-electron chi connectivity index (χ2n) is 3.94. The van der Waals surface area contributed by atoms with Crippen molar-refractivity contribution in [3.05, 3.63) is 23.0 Å². The van der Waals surface area contributed by atoms with Gasteiger partial charge in [0.2, 0.25) is 0 Å². The number of hydrogen-bond acceptors (Lipinski definition) is 2. The summed E-state index contributed by atoms with van der Waals surface area (Å²) in [5, 5.41) is 8.95. The van der Waals surface area contributed by atoms with Crippen molar-refractivity contribution in [1.82, 2.24) is 4.57 Å². The van der Waals surface area contributed by atoms with E-state index in [2.05, 4.69) is 0 Å². The smallest absolute Gasteiger partial charge is 0.352 e. The Bertz CT molecular complexity index is 416. The summed E-state index contributed by atoms with van der Waals surface area (Å²) in [5.74, 6) is -1.16. The van der Waals surface area contributed by atoms with Gasteiger partial charge in [0.25, 0.3) is 0 Å². The van der Waals surface area contributed by atoms with E-state index in [0.29, 0.717) is 11.3 Å². The van der Waals surface area contributed by atoms with Gasteiger partial charge >= 0.3 is 5.97 Å². The molecule has 0 unspecified atom stereocenters. The summed E-state index contributed by atoms with van der Waals surface area (Å²) in [6, 6.07) is 1.63. The largest absolute Gasteiger partial charge is 0.477 e. The van der Waals surface area contributed by atoms with Gasteiger partial charge in [0.05, 0.1) is 5.69 Å². The molecule has 0 bridgehead atoms. The molecule has 1 N–H and O–H groups in total. The first-order valence-corrected chi connectivity index (χ1v) is 4.80. The molecule has 0 spiro atoms. The number of Topliss-reactive ketones (excluding diaryl/α,β-unsaturated/α-hetero) is 1. The van der Waals surface area contributed by atoms with Crippen molar-refractivity contribution in [2.24, 2.45) is 13.0 Å². The average molecular weight is 209 g/mol. The van der Waals surface area contributed by atoms with Gasteiger partial charge < -0.3 is 9.67 Å². The zero-order valence-electron chi connectivity index (χ0n) is 9.37. The maximum absolute atomic E-state index is 11.7. The van der Waals surface area contributed by atoms with Crippen molar-refractivity contribution in [2.75, 3.05) is 0 Å². The van der Waals surface area contributed by atoms with Gasteiger partial charge in [0, 0.05) is 13.0 Å². The molecule has 0 aliphatic carbocycles. The summed E-state index contributed by atoms with van der Waals surface area (Å²) < 4.78 is 1.44. The second kappa shape index (κ2) is 3.88. The number of ketones is 1. The lowest BCUT2D eigenvalue weighted by Gasteiger charge is -2.06. The average Bonchev–Trinajstić information content (AvgIpc) is 2.40. The lowest BCUT2D eigenvalue weighted by molar-refractivity contribution is 0.0685. The molecule has 0 saturated heterocycles. The third kappa shape index (κ3) is 1.93. The van der Waals surface area contributed by atoms with E-state index in [0.717, 1.165) is 0 Å². The van der Waals surface area contributed by atoms with Crippen molar-refractivity contribution < 1.29 is 14.7 Å². The molecule has 0 fully saturated rings. The zero-order valence-corrected chi connectivity index (χ0v) is 9.37. The number of carboxylic acid groups (broad SMARTS) is 1. The van der Waals surface area contributed by atoms with E-state index in [1.165, 1.54) is 4.57 Å². The summed E-state index contributed by atoms with van der Waals surface area (Å²) in [6.07, 6.45) is 0. The van der Waals surface area contributed by atoms with Crippen LogP contribution in [0, 0.1) is 12.8 Å². The van der Waals surface area contributed by atoms with Crippen LogP contribution in [0.3, 0.4) is 0 Å². The van der Waals surface area contributed by atoms with Gasteiger partial charge in [-0.15, -0.1) is 0 Å². The predicted octanol–water partition coefficient (Wildman–Crippen LogP) is 1.87. The minimum absolute atomic E-state index is 0.0342. The van der Waals surface area contributed by atoms with E-state index in [-0.39, 0.29) is 17.4 Å². The first-order chi connectivity index (χ1) is 6.86. The lowest BCUT2D eigenvalue weighted by Crippen LogP contribution is -2.15. The molecule has 0 aliphatic heterocycles. The number of rotatable bonds is 3. The molecule has 0 amide bonds. The number of hydrogen-bond donors (Lipinski definition) is 1. The van der Waals surface area contributed by atoms with Crippen LogP contribution in [0.5, 0.6) is 0 Å². The fourth-order valence-corrected chi connectivity index (χ4v) is 1.60. The van der Waals surface area contributed by atoms with Crippen LogP contribution in [0.1, 0.15) is 40.4 Å². The first-order valence-electron chi connectivity index (χ1n) is 4.80. The molecule has 0 radical (unpaired) electrons. The highest BCUT2D eigenvalue weighted by atomic mass is 16.4. The van der Waals surface area contributed by atoms with Gasteiger partial charge in [-0.05, 0) is 18.6 Å². The van der Waals surface area contributed by atoms with Gasteiger partial charge in [0.1, 0.15) is 5.69 Å². The maximum atomic E-state index is 11.7. The number of aromatic carboxylic acids is 1. The lowest BCUT2D eigenvalue weighted by atomic mass is 10.1. The Kier molecular flexibility index (Phi) is 2.98.